The van der Waals surface area contributed by atoms with Gasteiger partial charge in [-0.25, -0.2) is 0 Å². The van der Waals surface area contributed by atoms with Gasteiger partial charge in [-0.05, 0) is 24.7 Å². The molecule has 1 aliphatic rings. The molecular formula is C14H29NO4. The molecule has 0 aromatic heterocycles. The van der Waals surface area contributed by atoms with Crippen molar-refractivity contribution in [2.24, 2.45) is 5.41 Å². The number of methoxy groups -OCH3 is 2. The maximum atomic E-state index is 5.60. The van der Waals surface area contributed by atoms with Crippen LogP contribution < -0.4 is 5.32 Å². The molecule has 0 aliphatic heterocycles. The molecule has 0 radical (unpaired) electrons. The SMILES string of the molecule is COCCNCC1(CCOCCOCCOC)CC1. The zero-order valence-corrected chi connectivity index (χ0v) is 12.4. The largest absolute Gasteiger partial charge is 0.383 e. The predicted octanol–water partition coefficient (Wildman–Crippen LogP) is 1.07. The van der Waals surface area contributed by atoms with Gasteiger partial charge in [-0.15, -0.1) is 0 Å². The first-order valence-corrected chi connectivity index (χ1v) is 7.17. The maximum Gasteiger partial charge on any atom is 0.0701 e. The molecule has 0 saturated heterocycles. The van der Waals surface area contributed by atoms with Crippen LogP contribution in [-0.4, -0.2) is 67.0 Å². The van der Waals surface area contributed by atoms with Crippen LogP contribution in [0, 0.1) is 5.41 Å². The highest BCUT2D eigenvalue weighted by Gasteiger charge is 2.41. The third-order valence-corrected chi connectivity index (χ3v) is 3.52. The van der Waals surface area contributed by atoms with Crippen molar-refractivity contribution < 1.29 is 18.9 Å². The molecule has 1 aliphatic carbocycles. The van der Waals surface area contributed by atoms with E-state index in [9.17, 15) is 0 Å². The second-order valence-electron chi connectivity index (χ2n) is 5.14. The van der Waals surface area contributed by atoms with Gasteiger partial charge in [0.05, 0.1) is 33.0 Å². The number of hydrogen-bond donors (Lipinski definition) is 1. The van der Waals surface area contributed by atoms with Gasteiger partial charge < -0.3 is 24.3 Å². The third-order valence-electron chi connectivity index (χ3n) is 3.52. The summed E-state index contributed by atoms with van der Waals surface area (Å²) in [6.45, 7) is 6.27. The van der Waals surface area contributed by atoms with E-state index in [-0.39, 0.29) is 0 Å². The number of hydrogen-bond acceptors (Lipinski definition) is 5. The molecule has 1 N–H and O–H groups in total. The summed E-state index contributed by atoms with van der Waals surface area (Å²) in [6.07, 6.45) is 3.78. The van der Waals surface area contributed by atoms with Crippen LogP contribution >= 0.6 is 0 Å². The Kier molecular flexibility index (Phi) is 9.38. The first kappa shape index (κ1) is 16.9. The van der Waals surface area contributed by atoms with Crippen molar-refractivity contribution in [1.82, 2.24) is 5.32 Å². The Balaban J connectivity index is 1.86. The molecule has 1 saturated carbocycles. The van der Waals surface area contributed by atoms with Crippen LogP contribution in [0.1, 0.15) is 19.3 Å². The summed E-state index contributed by atoms with van der Waals surface area (Å²) >= 11 is 0. The molecule has 0 amide bonds. The predicted molar refractivity (Wildman–Crippen MR) is 74.5 cm³/mol. The Labute approximate surface area is 116 Å². The minimum absolute atomic E-state index is 0.491. The molecule has 19 heavy (non-hydrogen) atoms. The molecule has 0 aromatic rings. The summed E-state index contributed by atoms with van der Waals surface area (Å²) < 4.78 is 20.9. The van der Waals surface area contributed by atoms with Crippen molar-refractivity contribution in [2.45, 2.75) is 19.3 Å². The van der Waals surface area contributed by atoms with Crippen LogP contribution in [0.15, 0.2) is 0 Å². The average Bonchev–Trinajstić information content (AvgIpc) is 3.18. The van der Waals surface area contributed by atoms with Gasteiger partial charge in [0.15, 0.2) is 0 Å². The van der Waals surface area contributed by atoms with Crippen molar-refractivity contribution in [2.75, 3.05) is 67.0 Å². The first-order valence-electron chi connectivity index (χ1n) is 7.17. The van der Waals surface area contributed by atoms with Crippen molar-refractivity contribution in [1.29, 1.82) is 0 Å². The minimum Gasteiger partial charge on any atom is -0.383 e. The fourth-order valence-electron chi connectivity index (χ4n) is 1.97. The summed E-state index contributed by atoms with van der Waals surface area (Å²) in [5, 5.41) is 3.45. The van der Waals surface area contributed by atoms with Crippen molar-refractivity contribution in [3.05, 3.63) is 0 Å². The van der Waals surface area contributed by atoms with E-state index in [4.69, 9.17) is 18.9 Å². The van der Waals surface area contributed by atoms with Crippen molar-refractivity contribution in [3.8, 4) is 0 Å². The van der Waals surface area contributed by atoms with Crippen LogP contribution in [0.3, 0.4) is 0 Å². The zero-order valence-electron chi connectivity index (χ0n) is 12.4. The van der Waals surface area contributed by atoms with Crippen LogP contribution in [0.5, 0.6) is 0 Å². The molecule has 114 valence electrons. The van der Waals surface area contributed by atoms with Gasteiger partial charge >= 0.3 is 0 Å². The lowest BCUT2D eigenvalue weighted by atomic mass is 10.0. The lowest BCUT2D eigenvalue weighted by Crippen LogP contribution is -2.28. The first-order chi connectivity index (χ1) is 9.33. The molecule has 5 heteroatoms. The fraction of sp³-hybridized carbons (Fsp3) is 1.00. The summed E-state index contributed by atoms with van der Waals surface area (Å²) in [4.78, 5) is 0. The number of nitrogens with one attached hydrogen (secondary N) is 1. The van der Waals surface area contributed by atoms with Gasteiger partial charge in [0.1, 0.15) is 0 Å². The van der Waals surface area contributed by atoms with Crippen LogP contribution in [0.2, 0.25) is 0 Å². The summed E-state index contributed by atoms with van der Waals surface area (Å²) in [7, 11) is 3.41. The number of ether oxygens (including phenoxy) is 4. The second kappa shape index (κ2) is 10.6. The van der Waals surface area contributed by atoms with Gasteiger partial charge in [0.25, 0.3) is 0 Å². The van der Waals surface area contributed by atoms with E-state index in [0.717, 1.165) is 32.7 Å². The monoisotopic (exact) mass is 275 g/mol. The quantitative estimate of drug-likeness (QED) is 0.481. The molecule has 0 aromatic carbocycles. The summed E-state index contributed by atoms with van der Waals surface area (Å²) in [5.74, 6) is 0. The molecule has 0 heterocycles. The number of rotatable bonds is 14. The van der Waals surface area contributed by atoms with Gasteiger partial charge in [-0.2, -0.15) is 0 Å². The highest BCUT2D eigenvalue weighted by atomic mass is 16.5. The second-order valence-corrected chi connectivity index (χ2v) is 5.14. The molecular weight excluding hydrogens is 246 g/mol. The third kappa shape index (κ3) is 8.55. The molecule has 0 unspecified atom stereocenters. The van der Waals surface area contributed by atoms with Gasteiger partial charge in [0.2, 0.25) is 0 Å². The summed E-state index contributed by atoms with van der Waals surface area (Å²) in [6, 6.07) is 0. The summed E-state index contributed by atoms with van der Waals surface area (Å²) in [5.41, 5.74) is 0.491. The normalized spacial score (nSPS) is 16.7. The molecule has 1 rings (SSSR count). The molecule has 1 fully saturated rings. The molecule has 0 bridgehead atoms. The van der Waals surface area contributed by atoms with Crippen molar-refractivity contribution >= 4 is 0 Å². The maximum absolute atomic E-state index is 5.60. The highest BCUT2D eigenvalue weighted by molar-refractivity contribution is 4.94. The lowest BCUT2D eigenvalue weighted by Gasteiger charge is -2.16. The van der Waals surface area contributed by atoms with E-state index in [1.807, 2.05) is 0 Å². The van der Waals surface area contributed by atoms with E-state index in [0.29, 0.717) is 31.8 Å². The Morgan fingerprint density at radius 2 is 1.47 bits per heavy atom. The zero-order chi connectivity index (χ0) is 13.8. The standard InChI is InChI=1S/C14H29NO4/c1-16-8-6-15-13-14(3-4-14)5-7-18-11-12-19-10-9-17-2/h15H,3-13H2,1-2H3. The van der Waals surface area contributed by atoms with Gasteiger partial charge in [0, 0.05) is 33.9 Å². The molecule has 5 nitrogen and oxygen atoms in total. The molecule has 0 atom stereocenters. The Bertz CT molecular complexity index is 210. The lowest BCUT2D eigenvalue weighted by molar-refractivity contribution is 0.0210. The van der Waals surface area contributed by atoms with Crippen LogP contribution in [-0.2, 0) is 18.9 Å². The van der Waals surface area contributed by atoms with E-state index >= 15 is 0 Å². The minimum atomic E-state index is 0.491. The van der Waals surface area contributed by atoms with E-state index in [1.54, 1.807) is 14.2 Å². The highest BCUT2D eigenvalue weighted by Crippen LogP contribution is 2.48. The van der Waals surface area contributed by atoms with Gasteiger partial charge in [-0.1, -0.05) is 0 Å². The van der Waals surface area contributed by atoms with Crippen LogP contribution in [0.25, 0.3) is 0 Å². The van der Waals surface area contributed by atoms with Crippen molar-refractivity contribution in [3.63, 3.8) is 0 Å². The topological polar surface area (TPSA) is 49.0 Å². The van der Waals surface area contributed by atoms with Gasteiger partial charge in [-0.3, -0.25) is 0 Å². The van der Waals surface area contributed by atoms with Crippen LogP contribution in [0.4, 0.5) is 0 Å². The van der Waals surface area contributed by atoms with E-state index in [1.165, 1.54) is 12.8 Å². The van der Waals surface area contributed by atoms with E-state index in [2.05, 4.69) is 5.32 Å². The molecule has 0 spiro atoms. The Hall–Kier alpha value is -0.200. The average molecular weight is 275 g/mol. The Morgan fingerprint density at radius 3 is 2.11 bits per heavy atom. The fourth-order valence-corrected chi connectivity index (χ4v) is 1.97. The van der Waals surface area contributed by atoms with E-state index < -0.39 is 0 Å². The smallest absolute Gasteiger partial charge is 0.0701 e. The Morgan fingerprint density at radius 1 is 0.842 bits per heavy atom.